The van der Waals surface area contributed by atoms with Gasteiger partial charge in [-0.05, 0) is 54.8 Å². The number of halogens is 3. The van der Waals surface area contributed by atoms with Crippen molar-refractivity contribution in [1.82, 2.24) is 34.5 Å². The summed E-state index contributed by atoms with van der Waals surface area (Å²) in [6.07, 6.45) is 3.76. The van der Waals surface area contributed by atoms with Crippen molar-refractivity contribution in [3.8, 4) is 28.2 Å². The van der Waals surface area contributed by atoms with Crippen molar-refractivity contribution in [3.63, 3.8) is 0 Å². The van der Waals surface area contributed by atoms with E-state index in [4.69, 9.17) is 34.8 Å². The Labute approximate surface area is 241 Å². The zero-order valence-corrected chi connectivity index (χ0v) is 23.0. The maximum absolute atomic E-state index is 13.5. The lowest BCUT2D eigenvalue weighted by molar-refractivity contribution is 0.187. The Morgan fingerprint density at radius 1 is 1.15 bits per heavy atom. The molecular weight excluding hydrogens is 579 g/mol. The average Bonchev–Trinajstić information content (AvgIpc) is 3.67. The van der Waals surface area contributed by atoms with Crippen LogP contribution in [0.3, 0.4) is 0 Å². The van der Waals surface area contributed by atoms with Crippen LogP contribution < -0.4 is 10.9 Å². The number of ether oxygens (including phenoxy) is 1. The fraction of sp³-hybridized carbons (Fsp3) is 0.154. The number of anilines is 1. The number of aromatic amines is 1. The number of imidazole rings is 1. The SMILES string of the molecule is COC(=O)Nc1ccc(-c2nc([C@@H]3CCc4cc(-c5cc(Cl)ccc5-n5cc(Cl)nn5)cc(=O)n43)[nH]c2Cl)nc1. The number of methoxy groups -OCH3 is 1. The number of hydrogen-bond acceptors (Lipinski definition) is 7. The molecule has 5 heterocycles. The largest absolute Gasteiger partial charge is 0.453 e. The first-order chi connectivity index (χ1) is 19.3. The second-order valence-electron chi connectivity index (χ2n) is 8.98. The van der Waals surface area contributed by atoms with Crippen molar-refractivity contribution in [2.24, 2.45) is 0 Å². The summed E-state index contributed by atoms with van der Waals surface area (Å²) in [5.41, 5.74) is 4.17. The highest BCUT2D eigenvalue weighted by atomic mass is 35.5. The van der Waals surface area contributed by atoms with Gasteiger partial charge in [0.05, 0.1) is 42.6 Å². The zero-order valence-electron chi connectivity index (χ0n) is 20.7. The van der Waals surface area contributed by atoms with Crippen LogP contribution in [-0.2, 0) is 11.2 Å². The highest BCUT2D eigenvalue weighted by Gasteiger charge is 2.29. The number of aromatic nitrogens is 7. The highest BCUT2D eigenvalue weighted by molar-refractivity contribution is 6.32. The summed E-state index contributed by atoms with van der Waals surface area (Å²) in [6, 6.07) is 11.9. The third kappa shape index (κ3) is 4.83. The quantitative estimate of drug-likeness (QED) is 0.271. The van der Waals surface area contributed by atoms with Crippen molar-refractivity contribution in [2.45, 2.75) is 18.9 Å². The van der Waals surface area contributed by atoms with Gasteiger partial charge in [-0.1, -0.05) is 40.0 Å². The fourth-order valence-electron chi connectivity index (χ4n) is 4.78. The Morgan fingerprint density at radius 3 is 2.73 bits per heavy atom. The zero-order chi connectivity index (χ0) is 28.0. The molecule has 1 aromatic carbocycles. The summed E-state index contributed by atoms with van der Waals surface area (Å²) in [5, 5.41) is 11.5. The molecule has 202 valence electrons. The summed E-state index contributed by atoms with van der Waals surface area (Å²) in [5.74, 6) is 0.549. The van der Waals surface area contributed by atoms with Crippen molar-refractivity contribution < 1.29 is 9.53 Å². The van der Waals surface area contributed by atoms with Crippen LogP contribution in [0.25, 0.3) is 28.2 Å². The molecule has 0 saturated heterocycles. The first-order valence-electron chi connectivity index (χ1n) is 12.0. The molecule has 0 bridgehead atoms. The Hall–Kier alpha value is -4.19. The number of rotatable bonds is 5. The number of amides is 1. The highest BCUT2D eigenvalue weighted by Crippen LogP contribution is 2.36. The molecule has 1 aliphatic heterocycles. The lowest BCUT2D eigenvalue weighted by Crippen LogP contribution is -2.24. The van der Waals surface area contributed by atoms with Gasteiger partial charge in [0.25, 0.3) is 5.56 Å². The van der Waals surface area contributed by atoms with Crippen molar-refractivity contribution in [1.29, 1.82) is 0 Å². The molecule has 40 heavy (non-hydrogen) atoms. The predicted molar refractivity (Wildman–Crippen MR) is 150 cm³/mol. The van der Waals surface area contributed by atoms with E-state index < -0.39 is 6.09 Å². The second kappa shape index (κ2) is 10.4. The summed E-state index contributed by atoms with van der Waals surface area (Å²) in [4.78, 5) is 37.1. The summed E-state index contributed by atoms with van der Waals surface area (Å²) in [6.45, 7) is 0. The molecule has 0 saturated carbocycles. The maximum Gasteiger partial charge on any atom is 0.411 e. The van der Waals surface area contributed by atoms with Gasteiger partial charge in [0, 0.05) is 22.3 Å². The minimum absolute atomic E-state index is 0.192. The second-order valence-corrected chi connectivity index (χ2v) is 10.2. The van der Waals surface area contributed by atoms with Crippen LogP contribution >= 0.6 is 34.8 Å². The molecule has 6 rings (SSSR count). The number of aryl methyl sites for hydroxylation is 1. The fourth-order valence-corrected chi connectivity index (χ4v) is 5.32. The van der Waals surface area contributed by atoms with Gasteiger partial charge in [0.15, 0.2) is 5.15 Å². The monoisotopic (exact) mass is 596 g/mol. The smallest absolute Gasteiger partial charge is 0.411 e. The molecule has 11 nitrogen and oxygen atoms in total. The summed E-state index contributed by atoms with van der Waals surface area (Å²) >= 11 is 18.8. The van der Waals surface area contributed by atoms with Gasteiger partial charge in [-0.15, -0.1) is 5.10 Å². The van der Waals surface area contributed by atoms with E-state index in [9.17, 15) is 9.59 Å². The van der Waals surface area contributed by atoms with E-state index in [-0.39, 0.29) is 16.8 Å². The van der Waals surface area contributed by atoms with E-state index in [2.05, 4.69) is 35.3 Å². The number of nitrogens with one attached hydrogen (secondary N) is 2. The maximum atomic E-state index is 13.5. The molecule has 14 heteroatoms. The third-order valence-corrected chi connectivity index (χ3v) is 7.23. The topological polar surface area (TPSA) is 133 Å². The standard InChI is InChI=1S/C26H19Cl3N8O3/c1-40-26(39)31-15-3-5-18(30-11-15)23-24(29)33-25(32-23)20-7-4-16-8-13(9-22(38)37(16)20)17-10-14(27)2-6-19(17)36-12-21(28)34-35-36/h2-3,5-6,8-12,20H,4,7H2,1H3,(H,31,39)(H,32,33)/t20-/m0/s1. The van der Waals surface area contributed by atoms with Crippen molar-refractivity contribution in [2.75, 3.05) is 12.4 Å². The number of carbonyl (C=O) groups is 1. The lowest BCUT2D eigenvalue weighted by atomic mass is 10.0. The Balaban J connectivity index is 1.33. The molecular formula is C26H19Cl3N8O3. The van der Waals surface area contributed by atoms with Crippen LogP contribution in [0, 0.1) is 0 Å². The first-order valence-corrected chi connectivity index (χ1v) is 13.1. The number of nitrogens with zero attached hydrogens (tertiary/aromatic N) is 6. The van der Waals surface area contributed by atoms with Gasteiger partial charge in [-0.3, -0.25) is 15.1 Å². The van der Waals surface area contributed by atoms with Crippen LogP contribution in [0.15, 0.2) is 59.7 Å². The number of H-pyrrole nitrogens is 1. The molecule has 1 amide bonds. The minimum Gasteiger partial charge on any atom is -0.453 e. The Bertz CT molecular complexity index is 1810. The summed E-state index contributed by atoms with van der Waals surface area (Å²) < 4.78 is 7.85. The predicted octanol–water partition coefficient (Wildman–Crippen LogP) is 5.56. The lowest BCUT2D eigenvalue weighted by Gasteiger charge is -2.15. The molecule has 0 radical (unpaired) electrons. The summed E-state index contributed by atoms with van der Waals surface area (Å²) in [7, 11) is 1.28. The van der Waals surface area contributed by atoms with Crippen LogP contribution in [0.4, 0.5) is 10.5 Å². The van der Waals surface area contributed by atoms with Gasteiger partial charge < -0.3 is 14.3 Å². The van der Waals surface area contributed by atoms with Crippen LogP contribution in [0.1, 0.15) is 24.0 Å². The Kier molecular flexibility index (Phi) is 6.78. The molecule has 0 unspecified atom stereocenters. The van der Waals surface area contributed by atoms with Gasteiger partial charge in [-0.2, -0.15) is 0 Å². The average molecular weight is 598 g/mol. The molecule has 0 spiro atoms. The van der Waals surface area contributed by atoms with E-state index in [1.54, 1.807) is 51.8 Å². The molecule has 4 aromatic heterocycles. The molecule has 5 aromatic rings. The van der Waals surface area contributed by atoms with E-state index in [0.717, 1.165) is 11.3 Å². The number of pyridine rings is 2. The number of carbonyl (C=O) groups excluding carboxylic acids is 1. The van der Waals surface area contributed by atoms with Gasteiger partial charge in [0.2, 0.25) is 0 Å². The van der Waals surface area contributed by atoms with Crippen molar-refractivity contribution >= 4 is 46.6 Å². The van der Waals surface area contributed by atoms with E-state index in [0.29, 0.717) is 57.2 Å². The molecule has 0 aliphatic carbocycles. The van der Waals surface area contributed by atoms with Crippen LogP contribution in [0.2, 0.25) is 15.3 Å². The minimum atomic E-state index is -0.600. The molecule has 1 atom stereocenters. The van der Waals surface area contributed by atoms with Crippen LogP contribution in [0.5, 0.6) is 0 Å². The number of hydrogen-bond donors (Lipinski definition) is 2. The Morgan fingerprint density at radius 2 is 2.00 bits per heavy atom. The number of fused-ring (bicyclic) bond motifs is 1. The normalized spacial score (nSPS) is 14.2. The van der Waals surface area contributed by atoms with Crippen molar-refractivity contribution in [3.05, 3.63) is 92.1 Å². The van der Waals surface area contributed by atoms with E-state index in [1.165, 1.54) is 13.3 Å². The number of benzene rings is 1. The van der Waals surface area contributed by atoms with Crippen LogP contribution in [-0.4, -0.2) is 47.7 Å². The third-order valence-electron chi connectivity index (χ3n) is 6.55. The molecule has 2 N–H and O–H groups in total. The molecule has 0 fully saturated rings. The van der Waals surface area contributed by atoms with Gasteiger partial charge >= 0.3 is 6.09 Å². The molecule has 1 aliphatic rings. The van der Waals surface area contributed by atoms with E-state index in [1.807, 2.05) is 6.07 Å². The van der Waals surface area contributed by atoms with E-state index >= 15 is 0 Å². The van der Waals surface area contributed by atoms with Gasteiger partial charge in [0.1, 0.15) is 16.7 Å². The van der Waals surface area contributed by atoms with Gasteiger partial charge in [-0.25, -0.2) is 14.5 Å². The first kappa shape index (κ1) is 26.1.